The van der Waals surface area contributed by atoms with E-state index in [1.807, 2.05) is 11.0 Å². The van der Waals surface area contributed by atoms with Crippen LogP contribution in [-0.2, 0) is 18.9 Å². The Bertz CT molecular complexity index is 957. The molecule has 0 saturated carbocycles. The van der Waals surface area contributed by atoms with Crippen molar-refractivity contribution in [1.82, 2.24) is 10.2 Å². The van der Waals surface area contributed by atoms with Gasteiger partial charge in [-0.1, -0.05) is 12.1 Å². The highest BCUT2D eigenvalue weighted by Gasteiger charge is 2.43. The molecule has 3 atom stereocenters. The number of nitrogens with one attached hydrogen (secondary N) is 1. The first-order valence-corrected chi connectivity index (χ1v) is 11.0. The number of hydrogen-bond acceptors (Lipinski definition) is 4. The minimum absolute atomic E-state index is 0.0380. The number of aliphatic imine (C=N–C) groups is 1. The highest BCUT2D eigenvalue weighted by Crippen LogP contribution is 2.43. The quantitative estimate of drug-likeness (QED) is 0.556. The molecule has 1 aromatic carbocycles. The maximum absolute atomic E-state index is 13.5. The Balaban J connectivity index is 1.53. The summed E-state index contributed by atoms with van der Waals surface area (Å²) < 4.78 is 79.4. The van der Waals surface area contributed by atoms with E-state index in [2.05, 4.69) is 10.3 Å². The lowest BCUT2D eigenvalue weighted by atomic mass is 9.89. The Morgan fingerprint density at radius 2 is 1.78 bits per heavy atom. The molecule has 2 bridgehead atoms. The summed E-state index contributed by atoms with van der Waals surface area (Å²) in [6.07, 6.45) is -4.61. The average molecular weight is 477 g/mol. The van der Waals surface area contributed by atoms with Gasteiger partial charge in [-0.15, -0.1) is 0 Å². The highest BCUT2D eigenvalue weighted by molar-refractivity contribution is 8.18. The number of alkyl halides is 6. The van der Waals surface area contributed by atoms with E-state index in [0.717, 1.165) is 41.6 Å². The van der Waals surface area contributed by atoms with E-state index < -0.39 is 23.5 Å². The molecule has 0 radical (unpaired) electrons. The minimum atomic E-state index is -4.87. The molecule has 2 saturated heterocycles. The number of halogens is 6. The first kappa shape index (κ1) is 23.2. The van der Waals surface area contributed by atoms with E-state index >= 15 is 0 Å². The molecule has 1 N–H and O–H groups in total. The van der Waals surface area contributed by atoms with Crippen molar-refractivity contribution in [3.63, 3.8) is 0 Å². The summed E-state index contributed by atoms with van der Waals surface area (Å²) in [5, 5.41) is 2.60. The zero-order valence-corrected chi connectivity index (χ0v) is 17.9. The summed E-state index contributed by atoms with van der Waals surface area (Å²) in [5.41, 5.74) is -2.67. The zero-order chi connectivity index (χ0) is 23.3. The molecular weight excluding hydrogens is 456 g/mol. The van der Waals surface area contributed by atoms with Gasteiger partial charge < -0.3 is 5.32 Å². The van der Waals surface area contributed by atoms with Crippen LogP contribution in [0.3, 0.4) is 0 Å². The number of hydrogen-bond donors (Lipinski definition) is 1. The van der Waals surface area contributed by atoms with Crippen LogP contribution in [0.5, 0.6) is 0 Å². The van der Waals surface area contributed by atoms with Gasteiger partial charge in [-0.05, 0) is 61.1 Å². The fourth-order valence-corrected chi connectivity index (χ4v) is 5.71. The Morgan fingerprint density at radius 1 is 1.12 bits per heavy atom. The lowest BCUT2D eigenvalue weighted by Gasteiger charge is -2.38. The van der Waals surface area contributed by atoms with Gasteiger partial charge in [-0.2, -0.15) is 31.3 Å². The summed E-state index contributed by atoms with van der Waals surface area (Å²) in [7, 11) is 1.68. The van der Waals surface area contributed by atoms with Crippen molar-refractivity contribution in [3.8, 4) is 0 Å². The first-order valence-electron chi connectivity index (χ1n) is 10.2. The van der Waals surface area contributed by atoms with Gasteiger partial charge in [-0.25, -0.2) is 0 Å². The summed E-state index contributed by atoms with van der Waals surface area (Å²) in [6.45, 7) is -0.0396. The second-order valence-electron chi connectivity index (χ2n) is 8.27. The number of fused-ring (bicyclic) bond motifs is 2. The van der Waals surface area contributed by atoms with E-state index in [9.17, 15) is 31.1 Å². The van der Waals surface area contributed by atoms with Gasteiger partial charge in [0.2, 0.25) is 0 Å². The topological polar surface area (TPSA) is 44.7 Å². The van der Waals surface area contributed by atoms with Gasteiger partial charge in [0.15, 0.2) is 0 Å². The van der Waals surface area contributed by atoms with Crippen LogP contribution in [0.25, 0.3) is 0 Å². The maximum atomic E-state index is 13.5. The van der Waals surface area contributed by atoms with Crippen LogP contribution in [0.1, 0.15) is 42.4 Å². The molecule has 4 nitrogen and oxygen atoms in total. The standard InChI is InChI=1S/C21H21F6N3OS/c1-28-18-17(32-19(31)29-18)8-11-6-14-4-5-15(7-11)30(14)10-12-2-3-13(20(22,23)24)9-16(12)21(25,26)27/h2-3,8-9,11,14-15H,4-7,10H2,1H3,(H,28,29,31)/b17-8-/t11-,14-,15+. The van der Waals surface area contributed by atoms with Gasteiger partial charge in [-0.3, -0.25) is 9.69 Å². The summed E-state index contributed by atoms with van der Waals surface area (Å²) >= 11 is 1.05. The van der Waals surface area contributed by atoms with E-state index in [1.54, 1.807) is 7.05 Å². The normalized spacial score (nSPS) is 27.8. The Hall–Kier alpha value is -2.01. The Morgan fingerprint density at radius 3 is 2.34 bits per heavy atom. The van der Waals surface area contributed by atoms with Crippen LogP contribution in [-0.4, -0.2) is 35.1 Å². The Kier molecular flexibility index (Phi) is 6.08. The molecule has 174 valence electrons. The predicted molar refractivity (Wildman–Crippen MR) is 109 cm³/mol. The smallest absolute Gasteiger partial charge is 0.372 e. The van der Waals surface area contributed by atoms with Gasteiger partial charge in [0, 0.05) is 25.7 Å². The molecule has 0 aromatic heterocycles. The molecule has 2 fully saturated rings. The van der Waals surface area contributed by atoms with Crippen molar-refractivity contribution in [3.05, 3.63) is 45.9 Å². The van der Waals surface area contributed by atoms with E-state index in [-0.39, 0.29) is 41.4 Å². The number of amidine groups is 1. The second-order valence-corrected chi connectivity index (χ2v) is 9.26. The monoisotopic (exact) mass is 477 g/mol. The molecule has 1 amide bonds. The van der Waals surface area contributed by atoms with Crippen LogP contribution in [0.2, 0.25) is 0 Å². The van der Waals surface area contributed by atoms with Crippen molar-refractivity contribution in [2.75, 3.05) is 7.05 Å². The van der Waals surface area contributed by atoms with Gasteiger partial charge in [0.1, 0.15) is 5.84 Å². The SMILES string of the molecule is CNC1=NC(=O)S/C1=C\[C@@H]1C[C@H]2CC[C@@H](C1)N2Cc1ccc(C(F)(F)F)cc1C(F)(F)F. The number of amides is 1. The van der Waals surface area contributed by atoms with Crippen molar-refractivity contribution in [2.24, 2.45) is 10.9 Å². The first-order chi connectivity index (χ1) is 15.0. The van der Waals surface area contributed by atoms with Crippen LogP contribution in [0, 0.1) is 5.92 Å². The van der Waals surface area contributed by atoms with Crippen LogP contribution in [0.4, 0.5) is 31.1 Å². The number of carbonyl (C=O) groups excluding carboxylic acids is 1. The summed E-state index contributed by atoms with van der Waals surface area (Å²) in [4.78, 5) is 18.2. The Labute approximate surface area is 185 Å². The van der Waals surface area contributed by atoms with Gasteiger partial charge in [0.25, 0.3) is 0 Å². The third kappa shape index (κ3) is 4.68. The maximum Gasteiger partial charge on any atom is 0.416 e. The number of benzene rings is 1. The number of carbonyl (C=O) groups is 1. The third-order valence-electron chi connectivity index (χ3n) is 6.27. The number of allylic oxidation sites excluding steroid dienone is 1. The summed E-state index contributed by atoms with van der Waals surface area (Å²) in [5.74, 6) is 0.680. The molecule has 0 aliphatic carbocycles. The van der Waals surface area contributed by atoms with Crippen LogP contribution >= 0.6 is 11.8 Å². The molecule has 3 aliphatic heterocycles. The lowest BCUT2D eigenvalue weighted by Crippen LogP contribution is -2.42. The van der Waals surface area contributed by atoms with Crippen molar-refractivity contribution >= 4 is 22.8 Å². The molecule has 0 unspecified atom stereocenters. The zero-order valence-electron chi connectivity index (χ0n) is 17.1. The molecule has 3 heterocycles. The number of likely N-dealkylation sites (N-methyl/N-ethyl adjacent to an activating group) is 1. The van der Waals surface area contributed by atoms with E-state index in [0.29, 0.717) is 18.7 Å². The minimum Gasteiger partial charge on any atom is -0.372 e. The van der Waals surface area contributed by atoms with Crippen LogP contribution in [0.15, 0.2) is 34.2 Å². The number of rotatable bonds is 3. The van der Waals surface area contributed by atoms with Crippen molar-refractivity contribution in [1.29, 1.82) is 0 Å². The molecule has 32 heavy (non-hydrogen) atoms. The molecular formula is C21H21F6N3OS. The predicted octanol–water partition coefficient (Wildman–Crippen LogP) is 5.84. The average Bonchev–Trinajstić information content (AvgIpc) is 3.15. The fourth-order valence-electron chi connectivity index (χ4n) is 4.88. The summed E-state index contributed by atoms with van der Waals surface area (Å²) in [6, 6.07) is 1.96. The third-order valence-corrected chi connectivity index (χ3v) is 7.09. The van der Waals surface area contributed by atoms with Crippen molar-refractivity contribution < 1.29 is 31.1 Å². The second kappa shape index (κ2) is 8.40. The lowest BCUT2D eigenvalue weighted by molar-refractivity contribution is -0.143. The largest absolute Gasteiger partial charge is 0.416 e. The van der Waals surface area contributed by atoms with Crippen molar-refractivity contribution in [2.45, 2.75) is 56.7 Å². The number of nitrogens with zero attached hydrogens (tertiary/aromatic N) is 2. The molecule has 0 spiro atoms. The van der Waals surface area contributed by atoms with Gasteiger partial charge >= 0.3 is 17.6 Å². The number of piperidine rings is 1. The fraction of sp³-hybridized carbons (Fsp3) is 0.524. The molecule has 4 rings (SSSR count). The molecule has 3 aliphatic rings. The van der Waals surface area contributed by atoms with Gasteiger partial charge in [0.05, 0.1) is 16.0 Å². The van der Waals surface area contributed by atoms with Crippen LogP contribution < -0.4 is 5.32 Å². The van der Waals surface area contributed by atoms with E-state index in [1.165, 1.54) is 0 Å². The number of thioether (sulfide) groups is 1. The highest BCUT2D eigenvalue weighted by atomic mass is 32.2. The van der Waals surface area contributed by atoms with E-state index in [4.69, 9.17) is 0 Å². The molecule has 11 heteroatoms. The molecule has 1 aromatic rings.